The number of ether oxygens (including phenoxy) is 2. The summed E-state index contributed by atoms with van der Waals surface area (Å²) < 4.78 is 11.2. The number of aromatic nitrogens is 1. The number of anilines is 1. The zero-order valence-corrected chi connectivity index (χ0v) is 16.0. The molecule has 1 unspecified atom stereocenters. The molecule has 4 rings (SSSR count). The van der Waals surface area contributed by atoms with Crippen LogP contribution in [0.4, 0.5) is 5.82 Å². The van der Waals surface area contributed by atoms with Crippen LogP contribution >= 0.6 is 0 Å². The molecule has 1 N–H and O–H groups in total. The summed E-state index contributed by atoms with van der Waals surface area (Å²) in [6, 6.07) is 3.79. The van der Waals surface area contributed by atoms with Gasteiger partial charge in [-0.25, -0.2) is 4.98 Å². The van der Waals surface area contributed by atoms with Gasteiger partial charge in [0.05, 0.1) is 18.6 Å². The molecule has 148 valence electrons. The quantitative estimate of drug-likeness (QED) is 0.799. The van der Waals surface area contributed by atoms with Gasteiger partial charge in [0, 0.05) is 45.3 Å². The van der Waals surface area contributed by atoms with Gasteiger partial charge in [-0.15, -0.1) is 0 Å². The number of cyclic esters (lactones) is 1. The van der Waals surface area contributed by atoms with Crippen molar-refractivity contribution in [2.45, 2.75) is 44.3 Å². The van der Waals surface area contributed by atoms with Crippen molar-refractivity contribution in [3.05, 3.63) is 18.3 Å². The highest BCUT2D eigenvalue weighted by molar-refractivity contribution is 5.79. The lowest BCUT2D eigenvalue weighted by atomic mass is 9.76. The molecule has 0 amide bonds. The van der Waals surface area contributed by atoms with E-state index >= 15 is 0 Å². The number of hydrogen-bond acceptors (Lipinski definition) is 7. The summed E-state index contributed by atoms with van der Waals surface area (Å²) >= 11 is 0. The number of aliphatic hydroxyl groups excluding tert-OH is 1. The molecule has 1 atom stereocenters. The molecule has 1 spiro atoms. The van der Waals surface area contributed by atoms with Gasteiger partial charge in [0.15, 0.2) is 11.6 Å². The Labute approximate surface area is 160 Å². The largest absolute Gasteiger partial charge is 0.493 e. The van der Waals surface area contributed by atoms with Crippen molar-refractivity contribution < 1.29 is 19.4 Å². The number of pyridine rings is 1. The Morgan fingerprint density at radius 1 is 1.30 bits per heavy atom. The maximum atomic E-state index is 12.7. The van der Waals surface area contributed by atoms with Crippen LogP contribution in [0, 0.1) is 5.41 Å². The molecule has 4 heterocycles. The Kier molecular flexibility index (Phi) is 5.23. The Morgan fingerprint density at radius 3 is 2.74 bits per heavy atom. The number of rotatable bonds is 4. The fourth-order valence-electron chi connectivity index (χ4n) is 4.66. The van der Waals surface area contributed by atoms with Crippen LogP contribution in [0.3, 0.4) is 0 Å². The van der Waals surface area contributed by atoms with Gasteiger partial charge >= 0.3 is 5.97 Å². The Balaban J connectivity index is 1.35. The zero-order valence-electron chi connectivity index (χ0n) is 16.0. The molecule has 0 aromatic carbocycles. The van der Waals surface area contributed by atoms with E-state index in [4.69, 9.17) is 9.47 Å². The summed E-state index contributed by atoms with van der Waals surface area (Å²) in [7, 11) is 1.66. The highest BCUT2D eigenvalue weighted by Gasteiger charge is 2.50. The van der Waals surface area contributed by atoms with Gasteiger partial charge in [-0.1, -0.05) is 0 Å². The minimum Gasteiger partial charge on any atom is -0.493 e. The molecule has 0 aliphatic carbocycles. The van der Waals surface area contributed by atoms with E-state index in [1.54, 1.807) is 13.3 Å². The first-order valence-corrected chi connectivity index (χ1v) is 9.95. The van der Waals surface area contributed by atoms with Gasteiger partial charge in [-0.3, -0.25) is 9.69 Å². The lowest BCUT2D eigenvalue weighted by Gasteiger charge is -2.37. The van der Waals surface area contributed by atoms with Crippen molar-refractivity contribution in [1.82, 2.24) is 9.88 Å². The van der Waals surface area contributed by atoms with E-state index in [0.717, 1.165) is 76.4 Å². The molecule has 3 saturated heterocycles. The molecule has 27 heavy (non-hydrogen) atoms. The summed E-state index contributed by atoms with van der Waals surface area (Å²) in [6.45, 7) is 4.12. The van der Waals surface area contributed by atoms with Crippen molar-refractivity contribution in [2.75, 3.05) is 44.7 Å². The molecule has 1 aromatic rings. The predicted molar refractivity (Wildman–Crippen MR) is 101 cm³/mol. The van der Waals surface area contributed by atoms with Crippen LogP contribution in [0.1, 0.15) is 32.1 Å². The number of hydrogen-bond donors (Lipinski definition) is 1. The summed E-state index contributed by atoms with van der Waals surface area (Å²) in [5.74, 6) is 1.59. The number of carbonyl (C=O) groups excluding carboxylic acids is 1. The summed E-state index contributed by atoms with van der Waals surface area (Å²) in [4.78, 5) is 21.7. The van der Waals surface area contributed by atoms with E-state index in [-0.39, 0.29) is 23.6 Å². The monoisotopic (exact) mass is 375 g/mol. The van der Waals surface area contributed by atoms with Crippen LogP contribution in [-0.2, 0) is 9.53 Å². The van der Waals surface area contributed by atoms with Crippen molar-refractivity contribution in [3.63, 3.8) is 0 Å². The third-order valence-electron chi connectivity index (χ3n) is 6.33. The van der Waals surface area contributed by atoms with Crippen molar-refractivity contribution >= 4 is 11.8 Å². The molecule has 1 aromatic heterocycles. The molecule has 7 heteroatoms. The van der Waals surface area contributed by atoms with Crippen LogP contribution in [0.25, 0.3) is 0 Å². The fourth-order valence-corrected chi connectivity index (χ4v) is 4.66. The number of carbonyl (C=O) groups is 1. The molecular formula is C20H29N3O4. The van der Waals surface area contributed by atoms with Gasteiger partial charge in [-0.2, -0.15) is 0 Å². The van der Waals surface area contributed by atoms with Gasteiger partial charge in [0.1, 0.15) is 6.10 Å². The summed E-state index contributed by atoms with van der Waals surface area (Å²) in [5.41, 5.74) is -0.349. The molecule has 0 bridgehead atoms. The number of methoxy groups -OCH3 is 1. The summed E-state index contributed by atoms with van der Waals surface area (Å²) in [5, 5.41) is 9.65. The maximum Gasteiger partial charge on any atom is 0.312 e. The van der Waals surface area contributed by atoms with Gasteiger partial charge in [-0.05, 0) is 37.8 Å². The molecular weight excluding hydrogens is 346 g/mol. The second kappa shape index (κ2) is 7.64. The fraction of sp³-hybridized carbons (Fsp3) is 0.700. The average Bonchev–Trinajstić information content (AvgIpc) is 2.99. The number of nitrogens with zero attached hydrogens (tertiary/aromatic N) is 3. The average molecular weight is 375 g/mol. The number of piperidine rings is 2. The standard InChI is InChI=1S/C20H29N3O4/c1-26-17-3-2-8-21-18(17)23-11-6-20(7-12-23)13-16(27-19(20)25)14-22-9-4-15(24)5-10-22/h2-3,8,15-16,24H,4-7,9-14H2,1H3. The van der Waals surface area contributed by atoms with Crippen LogP contribution in [0.15, 0.2) is 18.3 Å². The normalized spacial score (nSPS) is 26.4. The zero-order chi connectivity index (χ0) is 18.9. The Bertz CT molecular complexity index is 667. The van der Waals surface area contributed by atoms with E-state index in [0.29, 0.717) is 0 Å². The lowest BCUT2D eigenvalue weighted by Crippen LogP contribution is -2.43. The smallest absolute Gasteiger partial charge is 0.312 e. The molecule has 7 nitrogen and oxygen atoms in total. The maximum absolute atomic E-state index is 12.7. The Morgan fingerprint density at radius 2 is 2.04 bits per heavy atom. The highest BCUT2D eigenvalue weighted by atomic mass is 16.6. The molecule has 0 radical (unpaired) electrons. The Hall–Kier alpha value is -1.86. The van der Waals surface area contributed by atoms with Crippen LogP contribution in [0.2, 0.25) is 0 Å². The minimum absolute atomic E-state index is 0.0244. The van der Waals surface area contributed by atoms with Gasteiger partial charge < -0.3 is 19.5 Å². The molecule has 0 saturated carbocycles. The lowest BCUT2D eigenvalue weighted by molar-refractivity contribution is -0.150. The van der Waals surface area contributed by atoms with E-state index in [1.165, 1.54) is 0 Å². The first kappa shape index (κ1) is 18.5. The molecule has 3 aliphatic rings. The SMILES string of the molecule is COc1cccnc1N1CCC2(CC1)CC(CN1CCC(O)CC1)OC2=O. The second-order valence-electron chi connectivity index (χ2n) is 8.06. The van der Waals surface area contributed by atoms with Crippen molar-refractivity contribution in [1.29, 1.82) is 0 Å². The molecule has 3 aliphatic heterocycles. The van der Waals surface area contributed by atoms with E-state index in [1.807, 2.05) is 12.1 Å². The highest BCUT2D eigenvalue weighted by Crippen LogP contribution is 2.44. The van der Waals surface area contributed by atoms with Crippen molar-refractivity contribution in [2.24, 2.45) is 5.41 Å². The first-order chi connectivity index (χ1) is 13.1. The number of esters is 1. The number of aliphatic hydroxyl groups is 1. The summed E-state index contributed by atoms with van der Waals surface area (Å²) in [6.07, 6.45) is 5.59. The van der Waals surface area contributed by atoms with E-state index < -0.39 is 0 Å². The van der Waals surface area contributed by atoms with Crippen LogP contribution < -0.4 is 9.64 Å². The van der Waals surface area contributed by atoms with E-state index in [2.05, 4.69) is 14.8 Å². The van der Waals surface area contributed by atoms with Crippen molar-refractivity contribution in [3.8, 4) is 5.75 Å². The van der Waals surface area contributed by atoms with Crippen LogP contribution in [-0.4, -0.2) is 73.0 Å². The topological polar surface area (TPSA) is 75.1 Å². The van der Waals surface area contributed by atoms with Crippen LogP contribution in [0.5, 0.6) is 5.75 Å². The first-order valence-electron chi connectivity index (χ1n) is 9.95. The van der Waals surface area contributed by atoms with Gasteiger partial charge in [0.25, 0.3) is 0 Å². The third kappa shape index (κ3) is 3.75. The second-order valence-corrected chi connectivity index (χ2v) is 8.06. The third-order valence-corrected chi connectivity index (χ3v) is 6.33. The van der Waals surface area contributed by atoms with Gasteiger partial charge in [0.2, 0.25) is 0 Å². The number of likely N-dealkylation sites (tertiary alicyclic amines) is 1. The van der Waals surface area contributed by atoms with E-state index in [9.17, 15) is 9.90 Å². The minimum atomic E-state index is -0.349. The molecule has 3 fully saturated rings. The predicted octanol–water partition coefficient (Wildman–Crippen LogP) is 1.45.